The van der Waals surface area contributed by atoms with Gasteiger partial charge >= 0.3 is 5.97 Å². The Hall–Kier alpha value is -1.64. The van der Waals surface area contributed by atoms with Gasteiger partial charge in [-0.1, -0.05) is 30.3 Å². The Balaban J connectivity index is 1.82. The van der Waals surface area contributed by atoms with Crippen LogP contribution in [-0.4, -0.2) is 18.4 Å². The zero-order valence-electron chi connectivity index (χ0n) is 9.72. The second-order valence-electron chi connectivity index (χ2n) is 4.41. The molecular weight excluding hydrogens is 216 g/mol. The van der Waals surface area contributed by atoms with E-state index in [1.807, 2.05) is 30.3 Å². The molecule has 17 heavy (non-hydrogen) atoms. The minimum absolute atomic E-state index is 0.131. The molecule has 1 atom stereocenters. The van der Waals surface area contributed by atoms with Crippen molar-refractivity contribution < 1.29 is 14.3 Å². The van der Waals surface area contributed by atoms with E-state index in [4.69, 9.17) is 4.74 Å². The van der Waals surface area contributed by atoms with E-state index in [0.717, 1.165) is 18.4 Å². The van der Waals surface area contributed by atoms with Crippen molar-refractivity contribution in [2.24, 2.45) is 5.92 Å². The molecule has 90 valence electrons. The number of carbonyl (C=O) groups is 2. The molecular formula is C14H16O3. The average molecular weight is 232 g/mol. The lowest BCUT2D eigenvalue weighted by molar-refractivity contribution is -0.149. The summed E-state index contributed by atoms with van der Waals surface area (Å²) in [6.07, 6.45) is 2.64. The fraction of sp³-hybridized carbons (Fsp3) is 0.429. The number of ether oxygens (including phenoxy) is 1. The molecule has 1 saturated heterocycles. The van der Waals surface area contributed by atoms with Crippen molar-refractivity contribution >= 4 is 11.8 Å². The molecule has 1 aromatic rings. The van der Waals surface area contributed by atoms with Crippen LogP contribution < -0.4 is 0 Å². The Bertz CT molecular complexity index is 397. The number of cyclic esters (lactones) is 1. The zero-order chi connectivity index (χ0) is 12.1. The van der Waals surface area contributed by atoms with Crippen molar-refractivity contribution in [1.82, 2.24) is 0 Å². The first kappa shape index (κ1) is 11.8. The second-order valence-corrected chi connectivity index (χ2v) is 4.41. The molecule has 1 aromatic carbocycles. The Labute approximate surface area is 101 Å². The largest absolute Gasteiger partial charge is 0.466 e. The first-order chi connectivity index (χ1) is 8.25. The molecule has 0 unspecified atom stereocenters. The fourth-order valence-corrected chi connectivity index (χ4v) is 2.09. The standard InChI is InChI=1S/C14H16O3/c15-13(12-4-2-1-3-5-12)7-6-11-8-9-17-14(16)10-11/h1-5,11H,6-10H2/t11-/m0/s1. The van der Waals surface area contributed by atoms with Gasteiger partial charge in [0.2, 0.25) is 0 Å². The van der Waals surface area contributed by atoms with Gasteiger partial charge in [0.05, 0.1) is 6.61 Å². The summed E-state index contributed by atoms with van der Waals surface area (Å²) < 4.78 is 4.88. The zero-order valence-corrected chi connectivity index (χ0v) is 9.72. The molecule has 1 aliphatic rings. The van der Waals surface area contributed by atoms with Crippen LogP contribution in [0.4, 0.5) is 0 Å². The van der Waals surface area contributed by atoms with E-state index in [-0.39, 0.29) is 11.8 Å². The second kappa shape index (κ2) is 5.62. The molecule has 1 heterocycles. The lowest BCUT2D eigenvalue weighted by Crippen LogP contribution is -2.21. The van der Waals surface area contributed by atoms with Crippen molar-refractivity contribution in [1.29, 1.82) is 0 Å². The third-order valence-electron chi connectivity index (χ3n) is 3.12. The highest BCUT2D eigenvalue weighted by molar-refractivity contribution is 5.95. The SMILES string of the molecule is O=C1C[C@@H](CCC(=O)c2ccccc2)CCO1. The van der Waals surface area contributed by atoms with Crippen LogP contribution in [0.1, 0.15) is 36.0 Å². The topological polar surface area (TPSA) is 43.4 Å². The van der Waals surface area contributed by atoms with Crippen LogP contribution in [0.2, 0.25) is 0 Å². The van der Waals surface area contributed by atoms with Crippen LogP contribution in [0.25, 0.3) is 0 Å². The monoisotopic (exact) mass is 232 g/mol. The van der Waals surface area contributed by atoms with Crippen molar-refractivity contribution in [2.75, 3.05) is 6.61 Å². The number of Topliss-reactive ketones (excluding diaryl/α,β-unsaturated/α-hetero) is 1. The van der Waals surface area contributed by atoms with Crippen LogP contribution in [0, 0.1) is 5.92 Å². The van der Waals surface area contributed by atoms with E-state index in [2.05, 4.69) is 0 Å². The molecule has 2 rings (SSSR count). The van der Waals surface area contributed by atoms with Crippen LogP contribution in [0.15, 0.2) is 30.3 Å². The highest BCUT2D eigenvalue weighted by Crippen LogP contribution is 2.21. The van der Waals surface area contributed by atoms with E-state index < -0.39 is 0 Å². The summed E-state index contributed by atoms with van der Waals surface area (Å²) in [7, 11) is 0. The van der Waals surface area contributed by atoms with Crippen LogP contribution in [-0.2, 0) is 9.53 Å². The number of carbonyl (C=O) groups excluding carboxylic acids is 2. The smallest absolute Gasteiger partial charge is 0.306 e. The Kier molecular flexibility index (Phi) is 3.91. The van der Waals surface area contributed by atoms with Gasteiger partial charge in [0, 0.05) is 18.4 Å². The molecule has 1 fully saturated rings. The number of esters is 1. The molecule has 0 aromatic heterocycles. The van der Waals surface area contributed by atoms with Crippen LogP contribution >= 0.6 is 0 Å². The summed E-state index contributed by atoms with van der Waals surface area (Å²) in [5, 5.41) is 0. The maximum Gasteiger partial charge on any atom is 0.306 e. The van der Waals surface area contributed by atoms with E-state index in [0.29, 0.717) is 25.4 Å². The van der Waals surface area contributed by atoms with E-state index >= 15 is 0 Å². The molecule has 3 heteroatoms. The molecule has 1 aliphatic heterocycles. The first-order valence-electron chi connectivity index (χ1n) is 5.99. The third kappa shape index (κ3) is 3.41. The molecule has 0 spiro atoms. The number of benzene rings is 1. The van der Waals surface area contributed by atoms with Gasteiger partial charge in [-0.3, -0.25) is 9.59 Å². The molecule has 0 N–H and O–H groups in total. The van der Waals surface area contributed by atoms with E-state index in [9.17, 15) is 9.59 Å². The average Bonchev–Trinajstić information content (AvgIpc) is 2.37. The minimum atomic E-state index is -0.131. The predicted molar refractivity (Wildman–Crippen MR) is 63.7 cm³/mol. The van der Waals surface area contributed by atoms with Crippen molar-refractivity contribution in [2.45, 2.75) is 25.7 Å². The van der Waals surface area contributed by atoms with E-state index in [1.54, 1.807) is 0 Å². The molecule has 3 nitrogen and oxygen atoms in total. The minimum Gasteiger partial charge on any atom is -0.466 e. The summed E-state index contributed by atoms with van der Waals surface area (Å²) in [4.78, 5) is 22.9. The van der Waals surface area contributed by atoms with Gasteiger partial charge in [-0.15, -0.1) is 0 Å². The fourth-order valence-electron chi connectivity index (χ4n) is 2.09. The summed E-state index contributed by atoms with van der Waals surface area (Å²) in [6, 6.07) is 9.29. The van der Waals surface area contributed by atoms with Gasteiger partial charge in [0.15, 0.2) is 5.78 Å². The summed E-state index contributed by atoms with van der Waals surface area (Å²) in [5.74, 6) is 0.335. The summed E-state index contributed by atoms with van der Waals surface area (Å²) in [5.41, 5.74) is 0.755. The van der Waals surface area contributed by atoms with Crippen LogP contribution in [0.5, 0.6) is 0 Å². The molecule has 0 radical (unpaired) electrons. The summed E-state index contributed by atoms with van der Waals surface area (Å²) in [6.45, 7) is 0.503. The third-order valence-corrected chi connectivity index (χ3v) is 3.12. The Morgan fingerprint density at radius 2 is 2.06 bits per heavy atom. The molecule has 0 aliphatic carbocycles. The van der Waals surface area contributed by atoms with Crippen molar-refractivity contribution in [3.05, 3.63) is 35.9 Å². The Morgan fingerprint density at radius 1 is 1.29 bits per heavy atom. The van der Waals surface area contributed by atoms with Crippen molar-refractivity contribution in [3.63, 3.8) is 0 Å². The molecule has 0 saturated carbocycles. The Morgan fingerprint density at radius 3 is 2.76 bits per heavy atom. The quantitative estimate of drug-likeness (QED) is 0.592. The normalized spacial score (nSPS) is 19.8. The predicted octanol–water partition coefficient (Wildman–Crippen LogP) is 2.60. The highest BCUT2D eigenvalue weighted by Gasteiger charge is 2.21. The number of ketones is 1. The van der Waals surface area contributed by atoms with Gasteiger partial charge in [-0.05, 0) is 18.8 Å². The number of hydrogen-bond donors (Lipinski definition) is 0. The van der Waals surface area contributed by atoms with Gasteiger partial charge in [-0.25, -0.2) is 0 Å². The number of hydrogen-bond acceptors (Lipinski definition) is 3. The van der Waals surface area contributed by atoms with Gasteiger partial charge < -0.3 is 4.74 Å². The highest BCUT2D eigenvalue weighted by atomic mass is 16.5. The number of rotatable bonds is 4. The van der Waals surface area contributed by atoms with Gasteiger partial charge in [0.1, 0.15) is 0 Å². The molecule has 0 amide bonds. The first-order valence-corrected chi connectivity index (χ1v) is 5.99. The lowest BCUT2D eigenvalue weighted by atomic mass is 9.92. The molecule has 0 bridgehead atoms. The van der Waals surface area contributed by atoms with E-state index in [1.165, 1.54) is 0 Å². The maximum atomic E-state index is 11.9. The maximum absolute atomic E-state index is 11.9. The van der Waals surface area contributed by atoms with Crippen LogP contribution in [0.3, 0.4) is 0 Å². The van der Waals surface area contributed by atoms with Gasteiger partial charge in [-0.2, -0.15) is 0 Å². The van der Waals surface area contributed by atoms with Gasteiger partial charge in [0.25, 0.3) is 0 Å². The lowest BCUT2D eigenvalue weighted by Gasteiger charge is -2.20. The van der Waals surface area contributed by atoms with Crippen molar-refractivity contribution in [3.8, 4) is 0 Å². The summed E-state index contributed by atoms with van der Waals surface area (Å²) >= 11 is 0.